The molecule has 0 saturated carbocycles. The van der Waals surface area contributed by atoms with Crippen LogP contribution in [0.15, 0.2) is 33.5 Å². The van der Waals surface area contributed by atoms with Gasteiger partial charge in [0.2, 0.25) is 0 Å². The largest absolute Gasteiger partial charge is 0.507 e. The second-order valence-corrected chi connectivity index (χ2v) is 4.06. The van der Waals surface area contributed by atoms with Crippen LogP contribution in [-0.2, 0) is 0 Å². The van der Waals surface area contributed by atoms with E-state index in [0.29, 0.717) is 11.1 Å². The minimum Gasteiger partial charge on any atom is -0.507 e. The summed E-state index contributed by atoms with van der Waals surface area (Å²) < 4.78 is 10.4. The van der Waals surface area contributed by atoms with Gasteiger partial charge in [0.25, 0.3) is 0 Å². The number of hydrogen-bond acceptors (Lipinski definition) is 6. The Balaban J connectivity index is 2.26. The molecule has 1 atom stereocenters. The van der Waals surface area contributed by atoms with Crippen molar-refractivity contribution in [2.75, 3.05) is 13.2 Å². The third-order valence-corrected chi connectivity index (χ3v) is 2.63. The Kier molecular flexibility index (Phi) is 4.03. The lowest BCUT2D eigenvalue weighted by atomic mass is 10.2. The fraction of sp³-hybridized carbons (Fsp3) is 0.308. The molecule has 0 radical (unpaired) electrons. The Morgan fingerprint density at radius 1 is 1.37 bits per heavy atom. The van der Waals surface area contributed by atoms with Crippen LogP contribution in [0.3, 0.4) is 0 Å². The van der Waals surface area contributed by atoms with Crippen LogP contribution in [0, 0.1) is 0 Å². The molecule has 0 aliphatic rings. The fourth-order valence-electron chi connectivity index (χ4n) is 1.65. The van der Waals surface area contributed by atoms with Gasteiger partial charge in [-0.3, -0.25) is 0 Å². The van der Waals surface area contributed by atoms with Gasteiger partial charge in [0.05, 0.1) is 30.8 Å². The molecule has 0 bridgehead atoms. The van der Waals surface area contributed by atoms with Crippen LogP contribution >= 0.6 is 0 Å². The fourth-order valence-corrected chi connectivity index (χ4v) is 1.65. The van der Waals surface area contributed by atoms with E-state index in [0.717, 1.165) is 6.07 Å². The Morgan fingerprint density at radius 2 is 2.16 bits per heavy atom. The van der Waals surface area contributed by atoms with Gasteiger partial charge in [-0.15, -0.1) is 0 Å². The number of ether oxygens (including phenoxy) is 1. The van der Waals surface area contributed by atoms with Gasteiger partial charge in [-0.25, -0.2) is 4.79 Å². The molecule has 1 heterocycles. The second kappa shape index (κ2) is 5.73. The summed E-state index contributed by atoms with van der Waals surface area (Å²) in [4.78, 5) is 11.2. The van der Waals surface area contributed by atoms with E-state index in [1.54, 1.807) is 18.2 Å². The van der Waals surface area contributed by atoms with Crippen molar-refractivity contribution < 1.29 is 24.5 Å². The standard InChI is InChI=1S/C13H14O6/c14-7-8(15)4-5-18-11-3-1-2-9-10(16)6-12(17)19-13(9)11/h1-3,6,8,14-16H,4-5,7H2. The van der Waals surface area contributed by atoms with Crippen LogP contribution in [0.1, 0.15) is 6.42 Å². The monoisotopic (exact) mass is 266 g/mol. The highest BCUT2D eigenvalue weighted by atomic mass is 16.5. The predicted octanol–water partition coefficient (Wildman–Crippen LogP) is 0.621. The van der Waals surface area contributed by atoms with Crippen LogP contribution in [0.4, 0.5) is 0 Å². The molecule has 3 N–H and O–H groups in total. The Labute approximate surface area is 108 Å². The molecular formula is C13H14O6. The van der Waals surface area contributed by atoms with Crippen molar-refractivity contribution in [1.29, 1.82) is 0 Å². The Bertz CT molecular complexity index is 618. The van der Waals surface area contributed by atoms with E-state index in [-0.39, 0.29) is 31.0 Å². The van der Waals surface area contributed by atoms with E-state index in [4.69, 9.17) is 14.3 Å². The number of benzene rings is 1. The zero-order valence-electron chi connectivity index (χ0n) is 10.1. The lowest BCUT2D eigenvalue weighted by Gasteiger charge is -2.10. The van der Waals surface area contributed by atoms with Crippen LogP contribution in [0.5, 0.6) is 11.5 Å². The zero-order valence-corrected chi connectivity index (χ0v) is 10.1. The number of hydrogen-bond donors (Lipinski definition) is 3. The van der Waals surface area contributed by atoms with Crippen molar-refractivity contribution in [3.63, 3.8) is 0 Å². The molecule has 0 aliphatic heterocycles. The lowest BCUT2D eigenvalue weighted by Crippen LogP contribution is -2.15. The van der Waals surface area contributed by atoms with Gasteiger partial charge in [0, 0.05) is 6.42 Å². The average Bonchev–Trinajstić information content (AvgIpc) is 2.39. The van der Waals surface area contributed by atoms with Gasteiger partial charge in [-0.2, -0.15) is 0 Å². The predicted molar refractivity (Wildman–Crippen MR) is 67.4 cm³/mol. The molecule has 0 aliphatic carbocycles. The molecule has 19 heavy (non-hydrogen) atoms. The molecule has 0 amide bonds. The normalized spacial score (nSPS) is 12.5. The molecule has 1 unspecified atom stereocenters. The average molecular weight is 266 g/mol. The number of aromatic hydroxyl groups is 1. The first-order valence-electron chi connectivity index (χ1n) is 5.79. The highest BCUT2D eigenvalue weighted by molar-refractivity contribution is 5.87. The van der Waals surface area contributed by atoms with Crippen LogP contribution in [-0.4, -0.2) is 34.6 Å². The van der Waals surface area contributed by atoms with E-state index in [2.05, 4.69) is 0 Å². The Hall–Kier alpha value is -2.05. The Morgan fingerprint density at radius 3 is 2.89 bits per heavy atom. The van der Waals surface area contributed by atoms with Crippen LogP contribution in [0.2, 0.25) is 0 Å². The van der Waals surface area contributed by atoms with Gasteiger partial charge < -0.3 is 24.5 Å². The topological polar surface area (TPSA) is 100 Å². The summed E-state index contributed by atoms with van der Waals surface area (Å²) in [5.41, 5.74) is -0.512. The van der Waals surface area contributed by atoms with Crippen molar-refractivity contribution in [2.45, 2.75) is 12.5 Å². The summed E-state index contributed by atoms with van der Waals surface area (Å²) in [5.74, 6) is 0.128. The number of para-hydroxylation sites is 1. The summed E-state index contributed by atoms with van der Waals surface area (Å²) >= 11 is 0. The first kappa shape index (κ1) is 13.4. The summed E-state index contributed by atoms with van der Waals surface area (Å²) in [5, 5.41) is 27.9. The third-order valence-electron chi connectivity index (χ3n) is 2.63. The van der Waals surface area contributed by atoms with Crippen molar-refractivity contribution >= 4 is 11.0 Å². The first-order valence-corrected chi connectivity index (χ1v) is 5.79. The highest BCUT2D eigenvalue weighted by Gasteiger charge is 2.10. The van der Waals surface area contributed by atoms with E-state index in [1.165, 1.54) is 0 Å². The molecule has 0 fully saturated rings. The van der Waals surface area contributed by atoms with Gasteiger partial charge in [0.1, 0.15) is 5.75 Å². The third kappa shape index (κ3) is 3.04. The number of aliphatic hydroxyl groups is 2. The molecular weight excluding hydrogens is 252 g/mol. The number of fused-ring (bicyclic) bond motifs is 1. The number of aliphatic hydroxyl groups excluding tert-OH is 2. The van der Waals surface area contributed by atoms with Crippen molar-refractivity contribution in [3.05, 3.63) is 34.7 Å². The van der Waals surface area contributed by atoms with Crippen molar-refractivity contribution in [3.8, 4) is 11.5 Å². The highest BCUT2D eigenvalue weighted by Crippen LogP contribution is 2.29. The van der Waals surface area contributed by atoms with Gasteiger partial charge in [0.15, 0.2) is 11.3 Å². The molecule has 1 aromatic heterocycles. The summed E-state index contributed by atoms with van der Waals surface area (Å²) in [6.45, 7) is -0.186. The molecule has 2 aromatic rings. The van der Waals surface area contributed by atoms with Gasteiger partial charge in [-0.1, -0.05) is 6.07 Å². The maximum Gasteiger partial charge on any atom is 0.340 e. The molecule has 6 nitrogen and oxygen atoms in total. The summed E-state index contributed by atoms with van der Waals surface area (Å²) in [6, 6.07) is 5.83. The molecule has 6 heteroatoms. The smallest absolute Gasteiger partial charge is 0.340 e. The van der Waals surface area contributed by atoms with Gasteiger partial charge in [-0.05, 0) is 12.1 Å². The van der Waals surface area contributed by atoms with Crippen LogP contribution in [0.25, 0.3) is 11.0 Å². The van der Waals surface area contributed by atoms with Gasteiger partial charge >= 0.3 is 5.63 Å². The molecule has 102 valence electrons. The van der Waals surface area contributed by atoms with E-state index < -0.39 is 11.7 Å². The molecule has 1 aromatic carbocycles. The van der Waals surface area contributed by atoms with E-state index in [9.17, 15) is 15.0 Å². The van der Waals surface area contributed by atoms with Crippen molar-refractivity contribution in [1.82, 2.24) is 0 Å². The molecule has 0 saturated heterocycles. The van der Waals surface area contributed by atoms with Crippen molar-refractivity contribution in [2.24, 2.45) is 0 Å². The summed E-state index contributed by atoms with van der Waals surface area (Å²) in [6.07, 6.45) is -0.606. The maximum absolute atomic E-state index is 11.2. The second-order valence-electron chi connectivity index (χ2n) is 4.06. The minimum absolute atomic E-state index is 0.153. The van der Waals surface area contributed by atoms with E-state index in [1.807, 2.05) is 0 Å². The molecule has 2 rings (SSSR count). The van der Waals surface area contributed by atoms with Crippen LogP contribution < -0.4 is 10.4 Å². The SMILES string of the molecule is O=c1cc(O)c2cccc(OCCC(O)CO)c2o1. The lowest BCUT2D eigenvalue weighted by molar-refractivity contribution is 0.0754. The molecule has 0 spiro atoms. The van der Waals surface area contributed by atoms with E-state index >= 15 is 0 Å². The minimum atomic E-state index is -0.851. The first-order chi connectivity index (χ1) is 9.11. The zero-order chi connectivity index (χ0) is 13.8. The summed E-state index contributed by atoms with van der Waals surface area (Å²) in [7, 11) is 0. The maximum atomic E-state index is 11.2. The quantitative estimate of drug-likeness (QED) is 0.686. The number of rotatable bonds is 5.